The molecule has 0 spiro atoms. The van der Waals surface area contributed by atoms with E-state index in [0.717, 1.165) is 17.0 Å². The summed E-state index contributed by atoms with van der Waals surface area (Å²) in [6.45, 7) is 3.61. The number of hydrogen-bond acceptors (Lipinski definition) is 5. The van der Waals surface area contributed by atoms with Crippen LogP contribution in [-0.2, 0) is 19.1 Å². The fourth-order valence-electron chi connectivity index (χ4n) is 5.02. The zero-order chi connectivity index (χ0) is 23.0. The van der Waals surface area contributed by atoms with Crippen LogP contribution in [0, 0.1) is 23.5 Å². The summed E-state index contributed by atoms with van der Waals surface area (Å²) in [7, 11) is 0. The topological polar surface area (TPSA) is 75.7 Å². The van der Waals surface area contributed by atoms with Gasteiger partial charge in [-0.15, -0.1) is 0 Å². The molecule has 0 saturated carbocycles. The van der Waals surface area contributed by atoms with Crippen LogP contribution in [0.5, 0.6) is 0 Å². The van der Waals surface area contributed by atoms with Crippen molar-refractivity contribution in [2.75, 3.05) is 11.5 Å². The zero-order valence-corrected chi connectivity index (χ0v) is 17.8. The molecule has 2 aromatic carbocycles. The number of amides is 2. The molecule has 2 aromatic rings. The second kappa shape index (κ2) is 8.43. The molecular weight excluding hydrogens is 418 g/mol. The Bertz CT molecular complexity index is 1060. The van der Waals surface area contributed by atoms with Gasteiger partial charge in [0, 0.05) is 11.6 Å². The highest BCUT2D eigenvalue weighted by Gasteiger charge is 2.68. The van der Waals surface area contributed by atoms with Crippen molar-refractivity contribution in [3.8, 4) is 0 Å². The predicted molar refractivity (Wildman–Crippen MR) is 112 cm³/mol. The summed E-state index contributed by atoms with van der Waals surface area (Å²) >= 11 is 0. The molecule has 4 rings (SSSR count). The minimum atomic E-state index is -1.48. The Hall–Kier alpha value is -3.13. The number of halogens is 2. The Balaban J connectivity index is 1.87. The van der Waals surface area contributed by atoms with Crippen molar-refractivity contribution in [1.82, 2.24) is 5.32 Å². The number of esters is 1. The molecule has 2 fully saturated rings. The van der Waals surface area contributed by atoms with Gasteiger partial charge in [0.15, 0.2) is 0 Å². The number of imide groups is 1. The summed E-state index contributed by atoms with van der Waals surface area (Å²) in [6.07, 6.45) is 0.755. The SMILES string of the molecule is CCC[C@]1(C(=O)OCC)N[C@@H](c2ccccc2F)[C@H]2C(=O)N(c3ccc(F)cc3)C(=O)[C@@H]21. The third-order valence-electron chi connectivity index (χ3n) is 6.26. The first kappa shape index (κ1) is 22.1. The van der Waals surface area contributed by atoms with E-state index >= 15 is 0 Å². The molecule has 1 N–H and O–H groups in total. The number of rotatable bonds is 6. The van der Waals surface area contributed by atoms with E-state index in [2.05, 4.69) is 5.32 Å². The zero-order valence-electron chi connectivity index (χ0n) is 17.8. The molecule has 6 nitrogen and oxygen atoms in total. The molecular formula is C24H24F2N2O4. The van der Waals surface area contributed by atoms with Gasteiger partial charge in [-0.1, -0.05) is 31.5 Å². The Labute approximate surface area is 184 Å². The first-order chi connectivity index (χ1) is 15.4. The van der Waals surface area contributed by atoms with E-state index in [1.54, 1.807) is 13.0 Å². The number of carbonyl (C=O) groups is 3. The molecule has 0 unspecified atom stereocenters. The van der Waals surface area contributed by atoms with Crippen molar-refractivity contribution in [3.63, 3.8) is 0 Å². The summed E-state index contributed by atoms with van der Waals surface area (Å²) < 4.78 is 33.5. The number of anilines is 1. The third kappa shape index (κ3) is 3.30. The lowest BCUT2D eigenvalue weighted by atomic mass is 9.77. The van der Waals surface area contributed by atoms with Gasteiger partial charge < -0.3 is 4.74 Å². The van der Waals surface area contributed by atoms with Crippen LogP contribution in [0.3, 0.4) is 0 Å². The fraction of sp³-hybridized carbons (Fsp3) is 0.375. The van der Waals surface area contributed by atoms with Crippen LogP contribution in [0.4, 0.5) is 14.5 Å². The van der Waals surface area contributed by atoms with Crippen molar-refractivity contribution in [2.24, 2.45) is 11.8 Å². The minimum absolute atomic E-state index is 0.0948. The number of nitrogens with one attached hydrogen (secondary N) is 1. The molecule has 32 heavy (non-hydrogen) atoms. The van der Waals surface area contributed by atoms with Crippen molar-refractivity contribution in [3.05, 3.63) is 65.7 Å². The van der Waals surface area contributed by atoms with Crippen LogP contribution in [-0.4, -0.2) is 29.9 Å². The van der Waals surface area contributed by atoms with Gasteiger partial charge in [0.05, 0.1) is 24.1 Å². The molecule has 2 amide bonds. The van der Waals surface area contributed by atoms with Crippen LogP contribution in [0.1, 0.15) is 38.3 Å². The van der Waals surface area contributed by atoms with E-state index in [4.69, 9.17) is 4.74 Å². The standard InChI is InChI=1S/C24H24F2N2O4/c1-3-13-24(23(31)32-4-2)19-18(20(27-24)16-7-5-6-8-17(16)26)21(29)28(22(19)30)15-11-9-14(25)10-12-15/h5-12,18-20,27H,3-4,13H2,1-2H3/t18-,19+,20-,24-/m0/s1. The maximum absolute atomic E-state index is 14.8. The Morgan fingerprint density at radius 3 is 2.38 bits per heavy atom. The maximum Gasteiger partial charge on any atom is 0.327 e. The van der Waals surface area contributed by atoms with E-state index < -0.39 is 52.8 Å². The highest BCUT2D eigenvalue weighted by Crippen LogP contribution is 2.52. The van der Waals surface area contributed by atoms with Crippen molar-refractivity contribution < 1.29 is 27.9 Å². The Morgan fingerprint density at radius 2 is 1.75 bits per heavy atom. The summed E-state index contributed by atoms with van der Waals surface area (Å²) in [5, 5.41) is 3.15. The first-order valence-corrected chi connectivity index (χ1v) is 10.7. The minimum Gasteiger partial charge on any atom is -0.465 e. The monoisotopic (exact) mass is 442 g/mol. The lowest BCUT2D eigenvalue weighted by molar-refractivity contribution is -0.155. The van der Waals surface area contributed by atoms with Gasteiger partial charge in [0.2, 0.25) is 11.8 Å². The normalized spacial score (nSPS) is 27.0. The van der Waals surface area contributed by atoms with Gasteiger partial charge in [-0.3, -0.25) is 19.7 Å². The molecule has 0 aliphatic carbocycles. The predicted octanol–water partition coefficient (Wildman–Crippen LogP) is 3.52. The van der Waals surface area contributed by atoms with Gasteiger partial charge in [0.25, 0.3) is 0 Å². The molecule has 2 aliphatic heterocycles. The highest BCUT2D eigenvalue weighted by molar-refractivity contribution is 6.24. The number of nitrogens with zero attached hydrogens (tertiary/aromatic N) is 1. The molecule has 2 heterocycles. The highest BCUT2D eigenvalue weighted by atomic mass is 19.1. The second-order valence-electron chi connectivity index (χ2n) is 8.08. The summed E-state index contributed by atoms with van der Waals surface area (Å²) in [4.78, 5) is 41.3. The number of ether oxygens (including phenoxy) is 1. The maximum atomic E-state index is 14.8. The van der Waals surface area contributed by atoms with Gasteiger partial charge in [0.1, 0.15) is 17.2 Å². The van der Waals surface area contributed by atoms with Gasteiger partial charge in [-0.05, 0) is 43.7 Å². The lowest BCUT2D eigenvalue weighted by Crippen LogP contribution is -2.56. The second-order valence-corrected chi connectivity index (χ2v) is 8.08. The third-order valence-corrected chi connectivity index (χ3v) is 6.26. The van der Waals surface area contributed by atoms with Gasteiger partial charge >= 0.3 is 5.97 Å². The largest absolute Gasteiger partial charge is 0.465 e. The van der Waals surface area contributed by atoms with Gasteiger partial charge in [-0.25, -0.2) is 13.7 Å². The fourth-order valence-corrected chi connectivity index (χ4v) is 5.02. The van der Waals surface area contributed by atoms with E-state index in [1.807, 2.05) is 6.92 Å². The van der Waals surface area contributed by atoms with Crippen LogP contribution >= 0.6 is 0 Å². The first-order valence-electron chi connectivity index (χ1n) is 10.7. The van der Waals surface area contributed by atoms with Gasteiger partial charge in [-0.2, -0.15) is 0 Å². The lowest BCUT2D eigenvalue weighted by Gasteiger charge is -2.32. The summed E-state index contributed by atoms with van der Waals surface area (Å²) in [5.41, 5.74) is -1.08. The van der Waals surface area contributed by atoms with E-state index in [1.165, 1.54) is 30.3 Å². The smallest absolute Gasteiger partial charge is 0.327 e. The average molecular weight is 442 g/mol. The van der Waals surface area contributed by atoms with Crippen LogP contribution in [0.2, 0.25) is 0 Å². The molecule has 2 saturated heterocycles. The Morgan fingerprint density at radius 1 is 1.06 bits per heavy atom. The van der Waals surface area contributed by atoms with Crippen molar-refractivity contribution in [2.45, 2.75) is 38.3 Å². The molecule has 168 valence electrons. The van der Waals surface area contributed by atoms with Crippen molar-refractivity contribution in [1.29, 1.82) is 0 Å². The Kier molecular flexibility index (Phi) is 5.81. The van der Waals surface area contributed by atoms with E-state index in [9.17, 15) is 23.2 Å². The molecule has 2 aliphatic rings. The van der Waals surface area contributed by atoms with E-state index in [0.29, 0.717) is 6.42 Å². The number of benzene rings is 2. The number of hydrogen-bond donors (Lipinski definition) is 1. The van der Waals surface area contributed by atoms with Crippen LogP contribution in [0.15, 0.2) is 48.5 Å². The quantitative estimate of drug-likeness (QED) is 0.547. The number of fused-ring (bicyclic) bond motifs is 1. The van der Waals surface area contributed by atoms with E-state index in [-0.39, 0.29) is 24.3 Å². The molecule has 0 radical (unpaired) electrons. The van der Waals surface area contributed by atoms with Crippen LogP contribution < -0.4 is 10.2 Å². The van der Waals surface area contributed by atoms with Crippen molar-refractivity contribution >= 4 is 23.5 Å². The molecule has 8 heteroatoms. The molecule has 0 aromatic heterocycles. The average Bonchev–Trinajstić information content (AvgIpc) is 3.24. The number of carbonyl (C=O) groups excluding carboxylic acids is 3. The summed E-state index contributed by atoms with van der Waals surface area (Å²) in [5.74, 6) is -4.93. The van der Waals surface area contributed by atoms with Crippen LogP contribution in [0.25, 0.3) is 0 Å². The molecule has 4 atom stereocenters. The summed E-state index contributed by atoms with van der Waals surface area (Å²) in [6, 6.07) is 10.1. The molecule has 0 bridgehead atoms.